The fraction of sp³-hybridized carbons (Fsp3) is 0.833. The van der Waals surface area contributed by atoms with Crippen LogP contribution in [0.5, 0.6) is 0 Å². The van der Waals surface area contributed by atoms with Crippen LogP contribution in [0.4, 0.5) is 0 Å². The van der Waals surface area contributed by atoms with Gasteiger partial charge in [0.05, 0.1) is 12.1 Å². The fourth-order valence-corrected chi connectivity index (χ4v) is 1.01. The highest BCUT2D eigenvalue weighted by atomic mass is 14.9. The Morgan fingerprint density at radius 3 is 2.75 bits per heavy atom. The maximum absolute atomic E-state index is 8.37. The van der Waals surface area contributed by atoms with Gasteiger partial charge in [0.1, 0.15) is 0 Å². The van der Waals surface area contributed by atoms with Crippen molar-refractivity contribution in [3.63, 3.8) is 0 Å². The van der Waals surface area contributed by atoms with E-state index in [0.717, 1.165) is 13.0 Å². The van der Waals surface area contributed by atoms with E-state index in [1.165, 1.54) is 0 Å². The minimum Gasteiger partial charge on any atom is -0.302 e. The number of hydrogen-bond acceptors (Lipinski definition) is 2. The average molecular weight is 110 g/mol. The van der Waals surface area contributed by atoms with E-state index in [1.807, 2.05) is 0 Å². The predicted molar refractivity (Wildman–Crippen MR) is 31.2 cm³/mol. The maximum atomic E-state index is 8.37. The summed E-state index contributed by atoms with van der Waals surface area (Å²) in [5, 5.41) is 11.5. The standard InChI is InChI=1S/C6H10N2/c1-5-2-6(3-7)8-4-5/h5-6,8H,2,4H2,1H3/t5-,6+/m0/s1. The molecule has 0 saturated carbocycles. The van der Waals surface area contributed by atoms with Crippen LogP contribution in [0.1, 0.15) is 13.3 Å². The lowest BCUT2D eigenvalue weighted by Crippen LogP contribution is -2.18. The van der Waals surface area contributed by atoms with Crippen molar-refractivity contribution >= 4 is 0 Å². The lowest BCUT2D eigenvalue weighted by atomic mass is 10.1. The van der Waals surface area contributed by atoms with Crippen molar-refractivity contribution in [3.8, 4) is 6.07 Å². The number of nitrogens with one attached hydrogen (secondary N) is 1. The number of rotatable bonds is 0. The molecule has 1 N–H and O–H groups in total. The van der Waals surface area contributed by atoms with Crippen LogP contribution < -0.4 is 5.32 Å². The molecule has 2 heteroatoms. The molecule has 1 heterocycles. The molecule has 0 radical (unpaired) electrons. The minimum atomic E-state index is 0.130. The van der Waals surface area contributed by atoms with Crippen molar-refractivity contribution in [2.24, 2.45) is 5.92 Å². The van der Waals surface area contributed by atoms with Gasteiger partial charge < -0.3 is 5.32 Å². The molecule has 0 unspecified atom stereocenters. The van der Waals surface area contributed by atoms with E-state index >= 15 is 0 Å². The van der Waals surface area contributed by atoms with E-state index in [2.05, 4.69) is 18.3 Å². The molecule has 1 saturated heterocycles. The van der Waals surface area contributed by atoms with E-state index in [4.69, 9.17) is 5.26 Å². The Morgan fingerprint density at radius 1 is 1.75 bits per heavy atom. The zero-order valence-electron chi connectivity index (χ0n) is 5.02. The zero-order valence-corrected chi connectivity index (χ0v) is 5.02. The number of hydrogen-bond donors (Lipinski definition) is 1. The summed E-state index contributed by atoms with van der Waals surface area (Å²) in [6.45, 7) is 3.17. The van der Waals surface area contributed by atoms with Gasteiger partial charge in [0, 0.05) is 0 Å². The Labute approximate surface area is 49.5 Å². The van der Waals surface area contributed by atoms with Gasteiger partial charge in [-0.1, -0.05) is 6.92 Å². The van der Waals surface area contributed by atoms with Gasteiger partial charge in [-0.2, -0.15) is 5.26 Å². The Hall–Kier alpha value is -0.550. The Balaban J connectivity index is 2.35. The fourth-order valence-electron chi connectivity index (χ4n) is 1.01. The van der Waals surface area contributed by atoms with Gasteiger partial charge >= 0.3 is 0 Å². The van der Waals surface area contributed by atoms with Crippen molar-refractivity contribution in [3.05, 3.63) is 0 Å². The molecule has 0 amide bonds. The molecule has 0 spiro atoms. The third kappa shape index (κ3) is 0.988. The summed E-state index contributed by atoms with van der Waals surface area (Å²) in [4.78, 5) is 0. The largest absolute Gasteiger partial charge is 0.302 e. The van der Waals surface area contributed by atoms with Gasteiger partial charge in [0.25, 0.3) is 0 Å². The molecule has 1 fully saturated rings. The van der Waals surface area contributed by atoms with Crippen LogP contribution in [0.2, 0.25) is 0 Å². The summed E-state index contributed by atoms with van der Waals surface area (Å²) in [5.74, 6) is 0.694. The molecule has 0 aromatic rings. The molecule has 0 aromatic heterocycles. The molecule has 0 aliphatic carbocycles. The van der Waals surface area contributed by atoms with Gasteiger partial charge in [-0.3, -0.25) is 0 Å². The van der Waals surface area contributed by atoms with Crippen LogP contribution in [0.3, 0.4) is 0 Å². The predicted octanol–water partition coefficient (Wildman–Crippen LogP) is 0.508. The quantitative estimate of drug-likeness (QED) is 0.493. The first-order valence-electron chi connectivity index (χ1n) is 2.96. The maximum Gasteiger partial charge on any atom is 0.0956 e. The second-order valence-electron chi connectivity index (χ2n) is 2.43. The summed E-state index contributed by atoms with van der Waals surface area (Å²) >= 11 is 0. The van der Waals surface area contributed by atoms with Crippen LogP contribution in [-0.2, 0) is 0 Å². The van der Waals surface area contributed by atoms with Crippen molar-refractivity contribution in [2.75, 3.05) is 6.54 Å². The number of nitrogens with zero attached hydrogens (tertiary/aromatic N) is 1. The summed E-state index contributed by atoms with van der Waals surface area (Å²) in [7, 11) is 0. The van der Waals surface area contributed by atoms with Crippen LogP contribution in [0, 0.1) is 17.2 Å². The Bertz CT molecular complexity index is 114. The molecule has 2 nitrogen and oxygen atoms in total. The molecular formula is C6H10N2. The smallest absolute Gasteiger partial charge is 0.0956 e. The van der Waals surface area contributed by atoms with Crippen LogP contribution in [0.25, 0.3) is 0 Å². The highest BCUT2D eigenvalue weighted by Gasteiger charge is 2.18. The average Bonchev–Trinajstić information content (AvgIpc) is 2.14. The SMILES string of the molecule is C[C@@H]1CN[C@@H](C#N)C1. The third-order valence-corrected chi connectivity index (χ3v) is 1.51. The van der Waals surface area contributed by atoms with E-state index in [-0.39, 0.29) is 6.04 Å². The second kappa shape index (κ2) is 2.15. The topological polar surface area (TPSA) is 35.8 Å². The van der Waals surface area contributed by atoms with Crippen molar-refractivity contribution < 1.29 is 0 Å². The van der Waals surface area contributed by atoms with Crippen molar-refractivity contribution in [2.45, 2.75) is 19.4 Å². The monoisotopic (exact) mass is 110 g/mol. The van der Waals surface area contributed by atoms with E-state index in [9.17, 15) is 0 Å². The van der Waals surface area contributed by atoms with Gasteiger partial charge in [0.2, 0.25) is 0 Å². The summed E-state index contributed by atoms with van der Waals surface area (Å²) < 4.78 is 0. The Morgan fingerprint density at radius 2 is 2.50 bits per heavy atom. The lowest BCUT2D eigenvalue weighted by molar-refractivity contribution is 0.643. The minimum absolute atomic E-state index is 0.130. The molecule has 1 rings (SSSR count). The number of nitriles is 1. The highest BCUT2D eigenvalue weighted by Crippen LogP contribution is 2.10. The van der Waals surface area contributed by atoms with Crippen LogP contribution in [0.15, 0.2) is 0 Å². The van der Waals surface area contributed by atoms with E-state index in [1.54, 1.807) is 0 Å². The summed E-state index contributed by atoms with van der Waals surface area (Å²) in [6, 6.07) is 2.31. The molecule has 44 valence electrons. The molecule has 1 aliphatic rings. The lowest BCUT2D eigenvalue weighted by Gasteiger charge is -1.93. The van der Waals surface area contributed by atoms with Gasteiger partial charge in [-0.05, 0) is 18.9 Å². The molecular weight excluding hydrogens is 100 g/mol. The van der Waals surface area contributed by atoms with Crippen LogP contribution >= 0.6 is 0 Å². The molecule has 8 heavy (non-hydrogen) atoms. The first-order valence-corrected chi connectivity index (χ1v) is 2.96. The van der Waals surface area contributed by atoms with Gasteiger partial charge in [-0.25, -0.2) is 0 Å². The highest BCUT2D eigenvalue weighted by molar-refractivity contribution is 4.95. The Kier molecular flexibility index (Phi) is 1.50. The summed E-state index contributed by atoms with van der Waals surface area (Å²) in [6.07, 6.45) is 1.02. The van der Waals surface area contributed by atoms with E-state index < -0.39 is 0 Å². The normalized spacial score (nSPS) is 37.0. The first kappa shape index (κ1) is 5.58. The van der Waals surface area contributed by atoms with Crippen LogP contribution in [-0.4, -0.2) is 12.6 Å². The van der Waals surface area contributed by atoms with Gasteiger partial charge in [0.15, 0.2) is 0 Å². The first-order chi connectivity index (χ1) is 3.83. The molecule has 2 atom stereocenters. The second-order valence-corrected chi connectivity index (χ2v) is 2.43. The molecule has 0 aromatic carbocycles. The van der Waals surface area contributed by atoms with Gasteiger partial charge in [-0.15, -0.1) is 0 Å². The molecule has 0 bridgehead atoms. The summed E-state index contributed by atoms with van der Waals surface area (Å²) in [5.41, 5.74) is 0. The zero-order chi connectivity index (χ0) is 5.98. The van der Waals surface area contributed by atoms with Crippen molar-refractivity contribution in [1.82, 2.24) is 5.32 Å². The third-order valence-electron chi connectivity index (χ3n) is 1.51. The van der Waals surface area contributed by atoms with Crippen molar-refractivity contribution in [1.29, 1.82) is 5.26 Å². The molecule has 1 aliphatic heterocycles. The van der Waals surface area contributed by atoms with E-state index in [0.29, 0.717) is 5.92 Å².